The lowest BCUT2D eigenvalue weighted by molar-refractivity contribution is 0.237. The maximum atomic E-state index is 9.47. The Balaban J connectivity index is 3.05. The highest BCUT2D eigenvalue weighted by molar-refractivity contribution is 5.33. The minimum absolute atomic E-state index is 0.731. The summed E-state index contributed by atoms with van der Waals surface area (Å²) in [6, 6.07) is 7.56. The molecule has 0 saturated carbocycles. The highest BCUT2D eigenvalue weighted by Gasteiger charge is 2.06. The Hall–Kier alpha value is -1.52. The molecule has 1 atom stereocenters. The number of hydrogen-bond donors (Lipinski definition) is 1. The van der Waals surface area contributed by atoms with Crippen LogP contribution in [-0.2, 0) is 6.42 Å². The molecule has 0 radical (unpaired) electrons. The fraction of sp³-hybridized carbons (Fsp3) is 0.167. The first kappa shape index (κ1) is 9.57. The number of allylic oxidation sites excluding steroid dienone is 1. The smallest absolute Gasteiger partial charge is 0.140 e. The van der Waals surface area contributed by atoms with Crippen molar-refractivity contribution in [3.63, 3.8) is 0 Å². The first-order chi connectivity index (χ1) is 6.29. The number of aliphatic hydroxyl groups excluding tert-OH is 1. The molecule has 1 nitrogen and oxygen atoms in total. The van der Waals surface area contributed by atoms with Gasteiger partial charge in [0.05, 0.1) is 0 Å². The van der Waals surface area contributed by atoms with E-state index in [-0.39, 0.29) is 0 Å². The summed E-state index contributed by atoms with van der Waals surface area (Å²) in [5.74, 6) is 2.30. The molecular weight excluding hydrogens is 160 g/mol. The number of rotatable bonds is 3. The molecule has 0 aliphatic rings. The van der Waals surface area contributed by atoms with Gasteiger partial charge in [-0.25, -0.2) is 0 Å². The van der Waals surface area contributed by atoms with E-state index in [1.165, 1.54) is 0 Å². The minimum atomic E-state index is -0.809. The molecule has 1 heteroatoms. The van der Waals surface area contributed by atoms with Crippen LogP contribution in [0.15, 0.2) is 36.9 Å². The van der Waals surface area contributed by atoms with Crippen LogP contribution in [0.5, 0.6) is 0 Å². The van der Waals surface area contributed by atoms with Gasteiger partial charge in [0, 0.05) is 0 Å². The van der Waals surface area contributed by atoms with Gasteiger partial charge in [-0.3, -0.25) is 0 Å². The van der Waals surface area contributed by atoms with Crippen LogP contribution in [0.4, 0.5) is 0 Å². The van der Waals surface area contributed by atoms with Crippen molar-refractivity contribution >= 4 is 0 Å². The molecule has 1 aromatic rings. The van der Waals surface area contributed by atoms with E-state index in [4.69, 9.17) is 6.42 Å². The Bertz CT molecular complexity index is 333. The highest BCUT2D eigenvalue weighted by atomic mass is 16.3. The normalized spacial score (nSPS) is 11.7. The van der Waals surface area contributed by atoms with Gasteiger partial charge < -0.3 is 5.11 Å². The molecule has 0 aliphatic carbocycles. The molecule has 1 N–H and O–H groups in total. The second-order valence-corrected chi connectivity index (χ2v) is 2.76. The van der Waals surface area contributed by atoms with Crippen molar-refractivity contribution in [2.45, 2.75) is 12.5 Å². The summed E-state index contributed by atoms with van der Waals surface area (Å²) in [6.07, 6.45) is 6.86. The van der Waals surface area contributed by atoms with Gasteiger partial charge in [0.1, 0.15) is 6.10 Å². The summed E-state index contributed by atoms with van der Waals surface area (Å²) in [4.78, 5) is 0. The van der Waals surface area contributed by atoms with Crippen LogP contribution in [-0.4, -0.2) is 5.11 Å². The molecule has 0 aliphatic heterocycles. The number of benzene rings is 1. The van der Waals surface area contributed by atoms with Crippen molar-refractivity contribution in [3.05, 3.63) is 48.0 Å². The van der Waals surface area contributed by atoms with Crippen molar-refractivity contribution < 1.29 is 5.11 Å². The Morgan fingerprint density at radius 2 is 2.23 bits per heavy atom. The van der Waals surface area contributed by atoms with Gasteiger partial charge in [-0.05, 0) is 17.5 Å². The number of hydrogen-bond acceptors (Lipinski definition) is 1. The summed E-state index contributed by atoms with van der Waals surface area (Å²) in [5.41, 5.74) is 1.83. The predicted octanol–water partition coefficient (Wildman–Crippen LogP) is 2.08. The fourth-order valence-electron chi connectivity index (χ4n) is 1.23. The van der Waals surface area contributed by atoms with Crippen molar-refractivity contribution in [2.75, 3.05) is 0 Å². The number of terminal acetylenes is 1. The summed E-state index contributed by atoms with van der Waals surface area (Å²) >= 11 is 0. The van der Waals surface area contributed by atoms with E-state index in [0.29, 0.717) is 0 Å². The van der Waals surface area contributed by atoms with Gasteiger partial charge in [0.2, 0.25) is 0 Å². The molecule has 0 spiro atoms. The van der Waals surface area contributed by atoms with Crippen LogP contribution in [0.2, 0.25) is 0 Å². The Labute approximate surface area is 78.7 Å². The molecule has 13 heavy (non-hydrogen) atoms. The van der Waals surface area contributed by atoms with E-state index >= 15 is 0 Å². The van der Waals surface area contributed by atoms with Gasteiger partial charge >= 0.3 is 0 Å². The van der Waals surface area contributed by atoms with Crippen molar-refractivity contribution in [1.29, 1.82) is 0 Å². The zero-order valence-electron chi connectivity index (χ0n) is 7.40. The molecular formula is C12H12O. The SMILES string of the molecule is C#CC(O)c1ccccc1CC=C. The molecule has 1 aromatic carbocycles. The lowest BCUT2D eigenvalue weighted by atomic mass is 10.0. The molecule has 1 rings (SSSR count). The third-order valence-electron chi connectivity index (χ3n) is 1.87. The zero-order valence-corrected chi connectivity index (χ0v) is 7.40. The fourth-order valence-corrected chi connectivity index (χ4v) is 1.23. The third kappa shape index (κ3) is 2.21. The molecule has 0 heterocycles. The van der Waals surface area contributed by atoms with Crippen molar-refractivity contribution in [2.24, 2.45) is 0 Å². The van der Waals surface area contributed by atoms with E-state index in [1.807, 2.05) is 24.3 Å². The quantitative estimate of drug-likeness (QED) is 0.546. The largest absolute Gasteiger partial charge is 0.376 e. The van der Waals surface area contributed by atoms with Gasteiger partial charge in [-0.1, -0.05) is 36.3 Å². The molecule has 0 bridgehead atoms. The van der Waals surface area contributed by atoms with Crippen LogP contribution in [0.1, 0.15) is 17.2 Å². The van der Waals surface area contributed by atoms with Crippen LogP contribution in [0, 0.1) is 12.3 Å². The summed E-state index contributed by atoms with van der Waals surface area (Å²) in [7, 11) is 0. The Morgan fingerprint density at radius 1 is 1.54 bits per heavy atom. The van der Waals surface area contributed by atoms with Gasteiger partial charge in [-0.2, -0.15) is 0 Å². The van der Waals surface area contributed by atoms with E-state index < -0.39 is 6.10 Å². The monoisotopic (exact) mass is 172 g/mol. The minimum Gasteiger partial charge on any atom is -0.376 e. The second-order valence-electron chi connectivity index (χ2n) is 2.76. The van der Waals surface area contributed by atoms with Crippen molar-refractivity contribution in [3.8, 4) is 12.3 Å². The summed E-state index contributed by atoms with van der Waals surface area (Å²) in [5, 5.41) is 9.47. The van der Waals surface area contributed by atoms with Crippen LogP contribution >= 0.6 is 0 Å². The van der Waals surface area contributed by atoms with Crippen LogP contribution in [0.25, 0.3) is 0 Å². The van der Waals surface area contributed by atoms with E-state index in [9.17, 15) is 5.11 Å². The third-order valence-corrected chi connectivity index (χ3v) is 1.87. The molecule has 1 unspecified atom stereocenters. The topological polar surface area (TPSA) is 20.2 Å². The van der Waals surface area contributed by atoms with Gasteiger partial charge in [-0.15, -0.1) is 13.0 Å². The Morgan fingerprint density at radius 3 is 2.85 bits per heavy atom. The molecule has 0 aromatic heterocycles. The lowest BCUT2D eigenvalue weighted by Gasteiger charge is -2.08. The summed E-state index contributed by atoms with van der Waals surface area (Å²) < 4.78 is 0. The standard InChI is InChI=1S/C12H12O/c1-3-7-10-8-5-6-9-11(10)12(13)4-2/h2-3,5-6,8-9,12-13H,1,7H2. The molecule has 0 fully saturated rings. The number of aliphatic hydroxyl groups is 1. The van der Waals surface area contributed by atoms with Gasteiger partial charge in [0.15, 0.2) is 0 Å². The van der Waals surface area contributed by atoms with Crippen LogP contribution in [0.3, 0.4) is 0 Å². The summed E-state index contributed by atoms with van der Waals surface area (Å²) in [6.45, 7) is 3.65. The Kier molecular flexibility index (Phi) is 3.31. The molecule has 0 amide bonds. The van der Waals surface area contributed by atoms with Gasteiger partial charge in [0.25, 0.3) is 0 Å². The van der Waals surface area contributed by atoms with E-state index in [1.54, 1.807) is 6.08 Å². The first-order valence-electron chi connectivity index (χ1n) is 4.12. The second kappa shape index (κ2) is 4.49. The van der Waals surface area contributed by atoms with Crippen molar-refractivity contribution in [1.82, 2.24) is 0 Å². The first-order valence-corrected chi connectivity index (χ1v) is 4.12. The maximum Gasteiger partial charge on any atom is 0.140 e. The maximum absolute atomic E-state index is 9.47. The van der Waals surface area contributed by atoms with E-state index in [2.05, 4.69) is 12.5 Å². The van der Waals surface area contributed by atoms with Crippen LogP contribution < -0.4 is 0 Å². The average Bonchev–Trinajstić information content (AvgIpc) is 2.18. The highest BCUT2D eigenvalue weighted by Crippen LogP contribution is 2.17. The molecule has 0 saturated heterocycles. The average molecular weight is 172 g/mol. The lowest BCUT2D eigenvalue weighted by Crippen LogP contribution is -1.98. The zero-order chi connectivity index (χ0) is 9.68. The molecule has 66 valence electrons. The van der Waals surface area contributed by atoms with E-state index in [0.717, 1.165) is 17.5 Å². The predicted molar refractivity (Wildman–Crippen MR) is 54.1 cm³/mol.